The van der Waals surface area contributed by atoms with Gasteiger partial charge in [0, 0.05) is 16.2 Å². The molecule has 4 rings (SSSR count). The third-order valence-corrected chi connectivity index (χ3v) is 4.69. The van der Waals surface area contributed by atoms with Gasteiger partial charge in [-0.3, -0.25) is 0 Å². The van der Waals surface area contributed by atoms with Gasteiger partial charge in [0.1, 0.15) is 17.7 Å². The van der Waals surface area contributed by atoms with Crippen molar-refractivity contribution in [1.82, 2.24) is 19.9 Å². The molecular weight excluding hydrogens is 304 g/mol. The molecule has 2 heterocycles. The monoisotopic (exact) mass is 318 g/mol. The number of fused-ring (bicyclic) bond motifs is 1. The van der Waals surface area contributed by atoms with Gasteiger partial charge in [0.05, 0.1) is 6.20 Å². The van der Waals surface area contributed by atoms with Crippen molar-refractivity contribution < 1.29 is 0 Å². The van der Waals surface area contributed by atoms with Crippen LogP contribution in [-0.4, -0.2) is 19.9 Å². The number of rotatable bonds is 4. The molecule has 0 spiro atoms. The van der Waals surface area contributed by atoms with Crippen molar-refractivity contribution in [2.45, 2.75) is 10.6 Å². The molecule has 0 bridgehead atoms. The van der Waals surface area contributed by atoms with E-state index in [1.54, 1.807) is 6.20 Å². The van der Waals surface area contributed by atoms with Crippen LogP contribution in [-0.2, 0) is 5.75 Å². The highest BCUT2D eigenvalue weighted by atomic mass is 32.2. The van der Waals surface area contributed by atoms with Gasteiger partial charge in [-0.15, -0.1) is 11.8 Å². The molecule has 0 amide bonds. The van der Waals surface area contributed by atoms with E-state index in [2.05, 4.69) is 62.4 Å². The van der Waals surface area contributed by atoms with Gasteiger partial charge in [0.2, 0.25) is 0 Å². The van der Waals surface area contributed by atoms with Crippen molar-refractivity contribution in [3.8, 4) is 11.4 Å². The van der Waals surface area contributed by atoms with Gasteiger partial charge in [0.25, 0.3) is 0 Å². The summed E-state index contributed by atoms with van der Waals surface area (Å²) in [4.78, 5) is 17.3. The SMILES string of the molecule is c1ccc(CSc2ccccc2-c2nc3ncncc3[nH]2)cc1. The number of imidazole rings is 1. The van der Waals surface area contributed by atoms with Crippen molar-refractivity contribution in [3.05, 3.63) is 72.7 Å². The molecule has 5 heteroatoms. The van der Waals surface area contributed by atoms with E-state index in [1.807, 2.05) is 23.9 Å². The maximum absolute atomic E-state index is 4.58. The highest BCUT2D eigenvalue weighted by molar-refractivity contribution is 7.98. The minimum atomic E-state index is 0.692. The Bertz CT molecular complexity index is 901. The molecule has 0 aliphatic heterocycles. The number of H-pyrrole nitrogens is 1. The topological polar surface area (TPSA) is 54.5 Å². The fourth-order valence-electron chi connectivity index (χ4n) is 2.41. The number of hydrogen-bond acceptors (Lipinski definition) is 4. The lowest BCUT2D eigenvalue weighted by Crippen LogP contribution is -1.86. The van der Waals surface area contributed by atoms with E-state index in [1.165, 1.54) is 16.8 Å². The highest BCUT2D eigenvalue weighted by Gasteiger charge is 2.10. The van der Waals surface area contributed by atoms with E-state index in [0.29, 0.717) is 5.65 Å². The molecule has 2 aromatic carbocycles. The third-order valence-electron chi connectivity index (χ3n) is 3.54. The molecule has 0 aliphatic rings. The summed E-state index contributed by atoms with van der Waals surface area (Å²) in [5, 5.41) is 0. The zero-order valence-electron chi connectivity index (χ0n) is 12.3. The third kappa shape index (κ3) is 2.96. The molecule has 0 unspecified atom stereocenters. The maximum Gasteiger partial charge on any atom is 0.181 e. The first-order chi connectivity index (χ1) is 11.4. The largest absolute Gasteiger partial charge is 0.335 e. The standard InChI is InChI=1S/C18H14N4S/c1-2-6-13(7-3-1)11-23-16-9-5-4-8-14(16)17-21-15-10-19-12-20-18(15)22-17/h1-10,12H,11H2,(H,19,20,21,22). The Morgan fingerprint density at radius 3 is 2.65 bits per heavy atom. The first-order valence-electron chi connectivity index (χ1n) is 7.32. The zero-order chi connectivity index (χ0) is 15.5. The lowest BCUT2D eigenvalue weighted by atomic mass is 10.2. The van der Waals surface area contributed by atoms with Crippen molar-refractivity contribution in [2.24, 2.45) is 0 Å². The van der Waals surface area contributed by atoms with Crippen LogP contribution in [0, 0.1) is 0 Å². The molecule has 0 atom stereocenters. The van der Waals surface area contributed by atoms with Crippen LogP contribution in [0.25, 0.3) is 22.6 Å². The Labute approximate surface area is 138 Å². The Morgan fingerprint density at radius 2 is 1.78 bits per heavy atom. The van der Waals surface area contributed by atoms with Crippen LogP contribution in [0.2, 0.25) is 0 Å². The summed E-state index contributed by atoms with van der Waals surface area (Å²) in [6.45, 7) is 0. The fourth-order valence-corrected chi connectivity index (χ4v) is 3.42. The van der Waals surface area contributed by atoms with Gasteiger partial charge in [-0.1, -0.05) is 48.5 Å². The van der Waals surface area contributed by atoms with Crippen LogP contribution in [0.1, 0.15) is 5.56 Å². The molecule has 0 saturated carbocycles. The number of hydrogen-bond donors (Lipinski definition) is 1. The van der Waals surface area contributed by atoms with Crippen molar-refractivity contribution in [1.29, 1.82) is 0 Å². The summed E-state index contributed by atoms with van der Waals surface area (Å²) in [5.41, 5.74) is 3.94. The predicted octanol–water partition coefficient (Wildman–Crippen LogP) is 4.31. The van der Waals surface area contributed by atoms with E-state index in [-0.39, 0.29) is 0 Å². The molecule has 0 fully saturated rings. The smallest absolute Gasteiger partial charge is 0.181 e. The average Bonchev–Trinajstić information content (AvgIpc) is 3.05. The number of aromatic amines is 1. The summed E-state index contributed by atoms with van der Waals surface area (Å²) in [5.74, 6) is 1.76. The lowest BCUT2D eigenvalue weighted by molar-refractivity contribution is 1.20. The maximum atomic E-state index is 4.58. The van der Waals surface area contributed by atoms with E-state index >= 15 is 0 Å². The van der Waals surface area contributed by atoms with Crippen LogP contribution in [0.5, 0.6) is 0 Å². The molecule has 1 N–H and O–H groups in total. The molecule has 4 nitrogen and oxygen atoms in total. The van der Waals surface area contributed by atoms with E-state index < -0.39 is 0 Å². The second kappa shape index (κ2) is 6.22. The second-order valence-corrected chi connectivity index (χ2v) is 6.13. The predicted molar refractivity (Wildman–Crippen MR) is 93.1 cm³/mol. The molecule has 23 heavy (non-hydrogen) atoms. The van der Waals surface area contributed by atoms with Crippen molar-refractivity contribution in [3.63, 3.8) is 0 Å². The van der Waals surface area contributed by atoms with Gasteiger partial charge in [-0.2, -0.15) is 0 Å². The van der Waals surface area contributed by atoms with Gasteiger partial charge < -0.3 is 4.98 Å². The van der Waals surface area contributed by atoms with Crippen molar-refractivity contribution in [2.75, 3.05) is 0 Å². The molecule has 0 radical (unpaired) electrons. The molecule has 0 aliphatic carbocycles. The summed E-state index contributed by atoms with van der Waals surface area (Å²) in [6.07, 6.45) is 3.27. The average molecular weight is 318 g/mol. The van der Waals surface area contributed by atoms with Crippen LogP contribution in [0.4, 0.5) is 0 Å². The quantitative estimate of drug-likeness (QED) is 0.570. The van der Waals surface area contributed by atoms with Gasteiger partial charge >= 0.3 is 0 Å². The van der Waals surface area contributed by atoms with Crippen LogP contribution in [0.3, 0.4) is 0 Å². The Hall–Kier alpha value is -2.66. The number of benzene rings is 2. The number of aromatic nitrogens is 4. The fraction of sp³-hybridized carbons (Fsp3) is 0.0556. The van der Waals surface area contributed by atoms with Gasteiger partial charge in [-0.05, 0) is 11.6 Å². The van der Waals surface area contributed by atoms with Crippen LogP contribution in [0.15, 0.2) is 72.0 Å². The molecule has 4 aromatic rings. The molecule has 2 aromatic heterocycles. The summed E-state index contributed by atoms with van der Waals surface area (Å²) in [7, 11) is 0. The van der Waals surface area contributed by atoms with Crippen molar-refractivity contribution >= 4 is 22.9 Å². The first kappa shape index (κ1) is 14.0. The Kier molecular flexibility index (Phi) is 3.78. The Balaban J connectivity index is 1.66. The summed E-state index contributed by atoms with van der Waals surface area (Å²) >= 11 is 1.81. The summed E-state index contributed by atoms with van der Waals surface area (Å²) in [6, 6.07) is 18.8. The lowest BCUT2D eigenvalue weighted by Gasteiger charge is -2.07. The van der Waals surface area contributed by atoms with Crippen LogP contribution < -0.4 is 0 Å². The molecule has 112 valence electrons. The van der Waals surface area contributed by atoms with E-state index in [0.717, 1.165) is 22.7 Å². The normalized spacial score (nSPS) is 11.0. The number of nitrogens with one attached hydrogen (secondary N) is 1. The van der Waals surface area contributed by atoms with Crippen LogP contribution >= 0.6 is 11.8 Å². The van der Waals surface area contributed by atoms with E-state index in [9.17, 15) is 0 Å². The highest BCUT2D eigenvalue weighted by Crippen LogP contribution is 2.32. The second-order valence-electron chi connectivity index (χ2n) is 5.12. The summed E-state index contributed by atoms with van der Waals surface area (Å²) < 4.78 is 0. The Morgan fingerprint density at radius 1 is 0.957 bits per heavy atom. The minimum absolute atomic E-state index is 0.692. The number of nitrogens with zero attached hydrogens (tertiary/aromatic N) is 3. The van der Waals surface area contributed by atoms with E-state index in [4.69, 9.17) is 0 Å². The zero-order valence-corrected chi connectivity index (χ0v) is 13.1. The molecule has 0 saturated heterocycles. The first-order valence-corrected chi connectivity index (χ1v) is 8.30. The van der Waals surface area contributed by atoms with Gasteiger partial charge in [0.15, 0.2) is 5.65 Å². The number of thioether (sulfide) groups is 1. The minimum Gasteiger partial charge on any atom is -0.335 e. The van der Waals surface area contributed by atoms with Gasteiger partial charge in [-0.25, -0.2) is 15.0 Å². The molecular formula is C18H14N4S.